The molecule has 1 aliphatic rings. The van der Waals surface area contributed by atoms with Crippen molar-refractivity contribution in [1.82, 2.24) is 15.5 Å². The van der Waals surface area contributed by atoms with Crippen LogP contribution in [0.25, 0.3) is 0 Å². The number of hydrogen-bond donors (Lipinski definition) is 2. The average molecular weight is 283 g/mol. The zero-order valence-electron chi connectivity index (χ0n) is 12.4. The molecule has 0 aliphatic carbocycles. The van der Waals surface area contributed by atoms with E-state index in [0.29, 0.717) is 32.5 Å². The van der Waals surface area contributed by atoms with E-state index in [-0.39, 0.29) is 30.2 Å². The number of piperidine rings is 1. The Balaban J connectivity index is 2.53. The van der Waals surface area contributed by atoms with Gasteiger partial charge >= 0.3 is 0 Å². The molecule has 6 heteroatoms. The molecule has 1 saturated heterocycles. The monoisotopic (exact) mass is 283 g/mol. The van der Waals surface area contributed by atoms with Gasteiger partial charge in [0.1, 0.15) is 0 Å². The van der Waals surface area contributed by atoms with Gasteiger partial charge in [-0.25, -0.2) is 0 Å². The minimum absolute atomic E-state index is 0.00298. The van der Waals surface area contributed by atoms with E-state index >= 15 is 0 Å². The van der Waals surface area contributed by atoms with Crippen molar-refractivity contribution in [3.63, 3.8) is 0 Å². The maximum atomic E-state index is 12.4. The van der Waals surface area contributed by atoms with Crippen LogP contribution in [0, 0.1) is 5.92 Å². The lowest BCUT2D eigenvalue weighted by Gasteiger charge is -2.28. The summed E-state index contributed by atoms with van der Waals surface area (Å²) in [6.07, 6.45) is 2.65. The van der Waals surface area contributed by atoms with Crippen LogP contribution in [0.1, 0.15) is 39.5 Å². The summed E-state index contributed by atoms with van der Waals surface area (Å²) >= 11 is 0. The summed E-state index contributed by atoms with van der Waals surface area (Å²) in [5, 5.41) is 5.49. The molecule has 2 N–H and O–H groups in total. The first-order valence-electron chi connectivity index (χ1n) is 7.40. The Morgan fingerprint density at radius 1 is 1.35 bits per heavy atom. The molecular weight excluding hydrogens is 258 g/mol. The van der Waals surface area contributed by atoms with Crippen LogP contribution in [0.5, 0.6) is 0 Å². The maximum Gasteiger partial charge on any atom is 0.239 e. The molecule has 1 aliphatic heterocycles. The van der Waals surface area contributed by atoms with Gasteiger partial charge in [-0.3, -0.25) is 14.4 Å². The van der Waals surface area contributed by atoms with Crippen LogP contribution in [0.3, 0.4) is 0 Å². The predicted molar refractivity (Wildman–Crippen MR) is 75.9 cm³/mol. The molecule has 1 unspecified atom stereocenters. The molecule has 0 aromatic heterocycles. The average Bonchev–Trinajstić information content (AvgIpc) is 2.44. The van der Waals surface area contributed by atoms with E-state index in [1.54, 1.807) is 4.90 Å². The lowest BCUT2D eigenvalue weighted by Crippen LogP contribution is -2.48. The van der Waals surface area contributed by atoms with Gasteiger partial charge in [-0.2, -0.15) is 0 Å². The summed E-state index contributed by atoms with van der Waals surface area (Å²) in [6, 6.07) is 0. The van der Waals surface area contributed by atoms with Crippen LogP contribution in [-0.2, 0) is 14.4 Å². The van der Waals surface area contributed by atoms with E-state index in [9.17, 15) is 14.4 Å². The normalized spacial score (nSPS) is 18.3. The highest BCUT2D eigenvalue weighted by Crippen LogP contribution is 2.14. The highest BCUT2D eigenvalue weighted by Gasteiger charge is 2.28. The van der Waals surface area contributed by atoms with Gasteiger partial charge in [0.15, 0.2) is 0 Å². The van der Waals surface area contributed by atoms with Crippen LogP contribution in [-0.4, -0.2) is 48.8 Å². The Morgan fingerprint density at radius 2 is 2.10 bits per heavy atom. The van der Waals surface area contributed by atoms with E-state index in [4.69, 9.17) is 0 Å². The number of rotatable bonds is 7. The van der Waals surface area contributed by atoms with Crippen molar-refractivity contribution in [2.24, 2.45) is 5.92 Å². The lowest BCUT2D eigenvalue weighted by atomic mass is 9.97. The molecule has 0 bridgehead atoms. The summed E-state index contributed by atoms with van der Waals surface area (Å²) in [6.45, 7) is 5.66. The van der Waals surface area contributed by atoms with E-state index in [1.165, 1.54) is 0 Å². The lowest BCUT2D eigenvalue weighted by molar-refractivity contribution is -0.141. The molecule has 3 amide bonds. The largest absolute Gasteiger partial charge is 0.355 e. The molecule has 20 heavy (non-hydrogen) atoms. The summed E-state index contributed by atoms with van der Waals surface area (Å²) < 4.78 is 0. The Labute approximate surface area is 120 Å². The molecule has 6 nitrogen and oxygen atoms in total. The SMILES string of the molecule is CCCNC(=O)CN(CCC)C(=O)C1CCC(=O)NC1. The third kappa shape index (κ3) is 5.19. The summed E-state index contributed by atoms with van der Waals surface area (Å²) in [5.74, 6) is -0.345. The van der Waals surface area contributed by atoms with Crippen LogP contribution in [0.15, 0.2) is 0 Å². The fourth-order valence-electron chi connectivity index (χ4n) is 2.23. The zero-order valence-corrected chi connectivity index (χ0v) is 12.4. The smallest absolute Gasteiger partial charge is 0.239 e. The zero-order chi connectivity index (χ0) is 15.0. The number of carbonyl (C=O) groups is 3. The number of hydrogen-bond acceptors (Lipinski definition) is 3. The Hall–Kier alpha value is -1.59. The van der Waals surface area contributed by atoms with Crippen LogP contribution < -0.4 is 10.6 Å². The molecule has 1 rings (SSSR count). The molecule has 0 radical (unpaired) electrons. The second kappa shape index (κ2) is 8.55. The fraction of sp³-hybridized carbons (Fsp3) is 0.786. The van der Waals surface area contributed by atoms with Gasteiger partial charge in [-0.05, 0) is 19.3 Å². The highest BCUT2D eigenvalue weighted by atomic mass is 16.2. The first kappa shape index (κ1) is 16.5. The predicted octanol–water partition coefficient (Wildman–Crippen LogP) is 0.277. The molecule has 1 fully saturated rings. The van der Waals surface area contributed by atoms with Crippen molar-refractivity contribution in [2.75, 3.05) is 26.2 Å². The third-order valence-electron chi connectivity index (χ3n) is 3.33. The van der Waals surface area contributed by atoms with Crippen molar-refractivity contribution in [3.05, 3.63) is 0 Å². The molecule has 0 spiro atoms. The molecule has 114 valence electrons. The van der Waals surface area contributed by atoms with Gasteiger partial charge in [0.05, 0.1) is 12.5 Å². The van der Waals surface area contributed by atoms with Gasteiger partial charge in [-0.1, -0.05) is 13.8 Å². The number of amides is 3. The highest BCUT2D eigenvalue weighted by molar-refractivity contribution is 5.87. The van der Waals surface area contributed by atoms with Gasteiger partial charge in [0.25, 0.3) is 0 Å². The molecule has 0 saturated carbocycles. The van der Waals surface area contributed by atoms with Crippen LogP contribution in [0.2, 0.25) is 0 Å². The Morgan fingerprint density at radius 3 is 2.65 bits per heavy atom. The quantitative estimate of drug-likeness (QED) is 0.704. The molecule has 0 aromatic rings. The van der Waals surface area contributed by atoms with Crippen molar-refractivity contribution in [3.8, 4) is 0 Å². The van der Waals surface area contributed by atoms with Crippen LogP contribution in [0.4, 0.5) is 0 Å². The van der Waals surface area contributed by atoms with E-state index < -0.39 is 0 Å². The Bertz CT molecular complexity index is 348. The molecule has 1 heterocycles. The van der Waals surface area contributed by atoms with Gasteiger partial charge in [0.2, 0.25) is 17.7 Å². The first-order valence-corrected chi connectivity index (χ1v) is 7.40. The van der Waals surface area contributed by atoms with Gasteiger partial charge in [0, 0.05) is 26.1 Å². The summed E-state index contributed by atoms with van der Waals surface area (Å²) in [4.78, 5) is 36.9. The molecular formula is C14H25N3O3. The number of nitrogens with one attached hydrogen (secondary N) is 2. The second-order valence-electron chi connectivity index (χ2n) is 5.15. The van der Waals surface area contributed by atoms with Crippen molar-refractivity contribution in [1.29, 1.82) is 0 Å². The Kier molecular flexibility index (Phi) is 7.04. The van der Waals surface area contributed by atoms with E-state index in [0.717, 1.165) is 12.8 Å². The maximum absolute atomic E-state index is 12.4. The standard InChI is InChI=1S/C14H25N3O3/c1-3-7-15-13(19)10-17(8-4-2)14(20)11-5-6-12(18)16-9-11/h11H,3-10H2,1-2H3,(H,15,19)(H,16,18). The fourth-order valence-corrected chi connectivity index (χ4v) is 2.23. The van der Waals surface area contributed by atoms with Crippen molar-refractivity contribution >= 4 is 17.7 Å². The number of nitrogens with zero attached hydrogens (tertiary/aromatic N) is 1. The second-order valence-corrected chi connectivity index (χ2v) is 5.15. The van der Waals surface area contributed by atoms with Crippen LogP contribution >= 0.6 is 0 Å². The van der Waals surface area contributed by atoms with Crippen molar-refractivity contribution in [2.45, 2.75) is 39.5 Å². The minimum atomic E-state index is -0.196. The van der Waals surface area contributed by atoms with E-state index in [1.807, 2.05) is 13.8 Å². The van der Waals surface area contributed by atoms with Crippen molar-refractivity contribution < 1.29 is 14.4 Å². The molecule has 0 aromatic carbocycles. The molecule has 1 atom stereocenters. The minimum Gasteiger partial charge on any atom is -0.355 e. The summed E-state index contributed by atoms with van der Waals surface area (Å²) in [7, 11) is 0. The van der Waals surface area contributed by atoms with Gasteiger partial charge in [-0.15, -0.1) is 0 Å². The van der Waals surface area contributed by atoms with Gasteiger partial charge < -0.3 is 15.5 Å². The topological polar surface area (TPSA) is 78.5 Å². The number of carbonyl (C=O) groups excluding carboxylic acids is 3. The summed E-state index contributed by atoms with van der Waals surface area (Å²) in [5.41, 5.74) is 0. The first-order chi connectivity index (χ1) is 9.58. The third-order valence-corrected chi connectivity index (χ3v) is 3.33. The van der Waals surface area contributed by atoms with E-state index in [2.05, 4.69) is 10.6 Å².